The molecule has 1 aromatic heterocycles. The van der Waals surface area contributed by atoms with E-state index in [1.54, 1.807) is 18.3 Å². The number of aromatic nitrogens is 2. The fraction of sp³-hybridized carbons (Fsp3) is 0.238. The molecule has 6 nitrogen and oxygen atoms in total. The van der Waals surface area contributed by atoms with Gasteiger partial charge in [-0.15, -0.1) is 0 Å². The number of para-hydroxylation sites is 1. The monoisotopic (exact) mass is 417 g/mol. The van der Waals surface area contributed by atoms with Crippen molar-refractivity contribution in [2.24, 2.45) is 0 Å². The van der Waals surface area contributed by atoms with Crippen LogP contribution >= 0.6 is 0 Å². The molecule has 0 saturated carbocycles. The fourth-order valence-electron chi connectivity index (χ4n) is 3.52. The molecule has 1 unspecified atom stereocenters. The predicted molar refractivity (Wildman–Crippen MR) is 102 cm³/mol. The van der Waals surface area contributed by atoms with Gasteiger partial charge in [0.2, 0.25) is 5.91 Å². The van der Waals surface area contributed by atoms with E-state index in [9.17, 15) is 18.0 Å². The molecule has 2 heterocycles. The average Bonchev–Trinajstić information content (AvgIpc) is 3.19. The lowest BCUT2D eigenvalue weighted by atomic mass is 9.87. The zero-order chi connectivity index (χ0) is 21.3. The largest absolute Gasteiger partial charge is 0.496 e. The van der Waals surface area contributed by atoms with Gasteiger partial charge in [0, 0.05) is 29.7 Å². The van der Waals surface area contributed by atoms with Crippen molar-refractivity contribution >= 4 is 11.7 Å². The van der Waals surface area contributed by atoms with E-state index >= 15 is 0 Å². The third kappa shape index (κ3) is 3.83. The van der Waals surface area contributed by atoms with Crippen LogP contribution in [0.3, 0.4) is 0 Å². The number of nitrogens with one attached hydrogen (secondary N) is 2. The number of nitrogens with zero attached hydrogens (tertiary/aromatic N) is 1. The van der Waals surface area contributed by atoms with Gasteiger partial charge in [-0.1, -0.05) is 24.3 Å². The van der Waals surface area contributed by atoms with Crippen LogP contribution in [0.25, 0.3) is 0 Å². The van der Waals surface area contributed by atoms with E-state index in [0.717, 1.165) is 17.2 Å². The number of anilines is 1. The summed E-state index contributed by atoms with van der Waals surface area (Å²) in [5.41, 5.74) is 1.45. The molecule has 9 heteroatoms. The van der Waals surface area contributed by atoms with Gasteiger partial charge >= 0.3 is 6.18 Å². The number of halogens is 3. The summed E-state index contributed by atoms with van der Waals surface area (Å²) < 4.78 is 50.4. The number of carbonyl (C=O) groups is 1. The van der Waals surface area contributed by atoms with E-state index in [1.165, 1.54) is 25.3 Å². The second kappa shape index (κ2) is 7.74. The molecule has 4 rings (SSSR count). The number of fused-ring (bicyclic) bond motifs is 1. The zero-order valence-electron chi connectivity index (χ0n) is 15.9. The number of methoxy groups -OCH3 is 1. The molecular weight excluding hydrogens is 399 g/mol. The van der Waals surface area contributed by atoms with E-state index in [2.05, 4.69) is 15.5 Å². The van der Waals surface area contributed by atoms with Gasteiger partial charge in [-0.2, -0.15) is 18.3 Å². The van der Waals surface area contributed by atoms with Gasteiger partial charge < -0.3 is 14.8 Å². The third-order valence-corrected chi connectivity index (χ3v) is 4.98. The zero-order valence-corrected chi connectivity index (χ0v) is 15.9. The van der Waals surface area contributed by atoms with Crippen LogP contribution in [0.15, 0.2) is 48.7 Å². The van der Waals surface area contributed by atoms with Gasteiger partial charge in [-0.3, -0.25) is 9.89 Å². The molecule has 0 spiro atoms. The summed E-state index contributed by atoms with van der Waals surface area (Å²) in [7, 11) is 1.48. The highest BCUT2D eigenvalue weighted by Gasteiger charge is 2.34. The van der Waals surface area contributed by atoms with Crippen LogP contribution in [0, 0.1) is 0 Å². The maximum Gasteiger partial charge on any atom is 0.419 e. The second-order valence-corrected chi connectivity index (χ2v) is 6.85. The molecule has 3 aromatic rings. The first-order chi connectivity index (χ1) is 14.4. The molecule has 0 aliphatic carbocycles. The number of H-pyrrole nitrogens is 1. The lowest BCUT2D eigenvalue weighted by molar-refractivity contribution is -0.139. The number of aromatic amines is 1. The number of rotatable bonds is 5. The van der Waals surface area contributed by atoms with Crippen LogP contribution in [-0.2, 0) is 17.6 Å². The summed E-state index contributed by atoms with van der Waals surface area (Å²) in [6, 6.07) is 10.4. The first-order valence-corrected chi connectivity index (χ1v) is 9.16. The van der Waals surface area contributed by atoms with Crippen LogP contribution in [0.5, 0.6) is 11.5 Å². The van der Waals surface area contributed by atoms with Crippen molar-refractivity contribution in [3.8, 4) is 11.5 Å². The molecule has 156 valence electrons. The number of alkyl halides is 3. The second-order valence-electron chi connectivity index (χ2n) is 6.85. The van der Waals surface area contributed by atoms with Crippen molar-refractivity contribution in [3.05, 3.63) is 70.9 Å². The highest BCUT2D eigenvalue weighted by atomic mass is 19.4. The maximum absolute atomic E-state index is 13.2. The standard InChI is InChI=1S/C21H18F3N3O3/c1-29-18-8-12(14-9-19(28)26-20-15(14)10-25-27-20)6-7-13(18)11-30-17-5-3-2-4-16(17)21(22,23)24/h2-8,10,14H,9,11H2,1H3,(H2,25,26,27,28). The summed E-state index contributed by atoms with van der Waals surface area (Å²) >= 11 is 0. The molecule has 1 aliphatic heterocycles. The van der Waals surface area contributed by atoms with Crippen molar-refractivity contribution in [1.29, 1.82) is 0 Å². The first-order valence-electron chi connectivity index (χ1n) is 9.16. The van der Waals surface area contributed by atoms with Crippen molar-refractivity contribution in [1.82, 2.24) is 10.2 Å². The van der Waals surface area contributed by atoms with E-state index in [-0.39, 0.29) is 30.6 Å². The molecular formula is C21H18F3N3O3. The molecule has 0 bridgehead atoms. The average molecular weight is 417 g/mol. The molecule has 0 saturated heterocycles. The molecule has 30 heavy (non-hydrogen) atoms. The smallest absolute Gasteiger partial charge is 0.419 e. The van der Waals surface area contributed by atoms with Crippen LogP contribution in [0.2, 0.25) is 0 Å². The van der Waals surface area contributed by atoms with E-state index < -0.39 is 11.7 Å². The summed E-state index contributed by atoms with van der Waals surface area (Å²) in [5.74, 6) is 0.361. The lowest BCUT2D eigenvalue weighted by Gasteiger charge is -2.23. The SMILES string of the molecule is COc1cc(C2CC(=O)Nc3n[nH]cc32)ccc1COc1ccccc1C(F)(F)F. The molecule has 0 fully saturated rings. The maximum atomic E-state index is 13.2. The molecule has 0 radical (unpaired) electrons. The van der Waals surface area contributed by atoms with Crippen LogP contribution in [0.1, 0.15) is 34.6 Å². The van der Waals surface area contributed by atoms with E-state index in [1.807, 2.05) is 6.07 Å². The Morgan fingerprint density at radius 1 is 1.17 bits per heavy atom. The Labute approximate surface area is 170 Å². The van der Waals surface area contributed by atoms with Crippen LogP contribution < -0.4 is 14.8 Å². The van der Waals surface area contributed by atoms with Gasteiger partial charge in [-0.25, -0.2) is 0 Å². The van der Waals surface area contributed by atoms with Gasteiger partial charge in [0.25, 0.3) is 0 Å². The fourth-order valence-corrected chi connectivity index (χ4v) is 3.52. The highest BCUT2D eigenvalue weighted by molar-refractivity contribution is 5.94. The number of carbonyl (C=O) groups excluding carboxylic acids is 1. The lowest BCUT2D eigenvalue weighted by Crippen LogP contribution is -2.23. The summed E-state index contributed by atoms with van der Waals surface area (Å²) in [6.45, 7) is -0.0986. The predicted octanol–water partition coefficient (Wildman–Crippen LogP) is 4.49. The topological polar surface area (TPSA) is 76.2 Å². The highest BCUT2D eigenvalue weighted by Crippen LogP contribution is 2.39. The Morgan fingerprint density at radius 3 is 2.73 bits per heavy atom. The minimum Gasteiger partial charge on any atom is -0.496 e. The number of hydrogen-bond donors (Lipinski definition) is 2. The Balaban J connectivity index is 1.59. The number of hydrogen-bond acceptors (Lipinski definition) is 4. The minimum absolute atomic E-state index is 0.0986. The number of benzene rings is 2. The van der Waals surface area contributed by atoms with Crippen LogP contribution in [-0.4, -0.2) is 23.2 Å². The quantitative estimate of drug-likeness (QED) is 0.641. The Bertz CT molecular complexity index is 1080. The normalized spacial score (nSPS) is 16.0. The molecule has 1 atom stereocenters. The summed E-state index contributed by atoms with van der Waals surface area (Å²) in [6.07, 6.45) is -2.52. The van der Waals surface area contributed by atoms with Gasteiger partial charge in [0.1, 0.15) is 18.1 Å². The van der Waals surface area contributed by atoms with Crippen molar-refractivity contribution in [3.63, 3.8) is 0 Å². The Morgan fingerprint density at radius 2 is 1.97 bits per heavy atom. The number of amides is 1. The van der Waals surface area contributed by atoms with E-state index in [0.29, 0.717) is 17.1 Å². The third-order valence-electron chi connectivity index (χ3n) is 4.98. The number of ether oxygens (including phenoxy) is 2. The Kier molecular flexibility index (Phi) is 5.11. The van der Waals surface area contributed by atoms with E-state index in [4.69, 9.17) is 9.47 Å². The van der Waals surface area contributed by atoms with Crippen molar-refractivity contribution in [2.75, 3.05) is 12.4 Å². The molecule has 2 N–H and O–H groups in total. The van der Waals surface area contributed by atoms with Crippen molar-refractivity contribution < 1.29 is 27.4 Å². The summed E-state index contributed by atoms with van der Waals surface area (Å²) in [5, 5.41) is 9.49. The molecule has 2 aromatic carbocycles. The van der Waals surface area contributed by atoms with Crippen molar-refractivity contribution in [2.45, 2.75) is 25.1 Å². The first kappa shape index (κ1) is 19.8. The molecule has 1 amide bonds. The van der Waals surface area contributed by atoms with Gasteiger partial charge in [0.05, 0.1) is 12.7 Å². The summed E-state index contributed by atoms with van der Waals surface area (Å²) in [4.78, 5) is 12.0. The van der Waals surface area contributed by atoms with Crippen LogP contribution in [0.4, 0.5) is 19.0 Å². The van der Waals surface area contributed by atoms with Gasteiger partial charge in [-0.05, 0) is 23.8 Å². The molecule has 1 aliphatic rings. The minimum atomic E-state index is -4.51. The Hall–Kier alpha value is -3.49. The van der Waals surface area contributed by atoms with Gasteiger partial charge in [0.15, 0.2) is 5.82 Å².